The van der Waals surface area contributed by atoms with Crippen molar-refractivity contribution in [2.24, 2.45) is 5.41 Å². The van der Waals surface area contributed by atoms with Crippen LogP contribution in [0.4, 0.5) is 0 Å². The van der Waals surface area contributed by atoms with Crippen molar-refractivity contribution in [3.8, 4) is 0 Å². The Hall–Kier alpha value is -1.29. The first-order valence-electron chi connectivity index (χ1n) is 6.37. The molecule has 0 bridgehead atoms. The molecule has 2 rings (SSSR count). The lowest BCUT2D eigenvalue weighted by Gasteiger charge is -2.30. The summed E-state index contributed by atoms with van der Waals surface area (Å²) in [6, 6.07) is 3.76. The quantitative estimate of drug-likeness (QED) is 0.873. The predicted octanol–water partition coefficient (Wildman–Crippen LogP) is 2.02. The van der Waals surface area contributed by atoms with Crippen LogP contribution >= 0.6 is 0 Å². The third-order valence-corrected chi connectivity index (χ3v) is 3.39. The van der Waals surface area contributed by atoms with E-state index < -0.39 is 0 Å². The summed E-state index contributed by atoms with van der Waals surface area (Å²) in [6.45, 7) is 10.1. The Morgan fingerprint density at radius 1 is 1.39 bits per heavy atom. The average Bonchev–Trinajstić information content (AvgIpc) is 2.74. The molecule has 0 saturated carbocycles. The van der Waals surface area contributed by atoms with Crippen molar-refractivity contribution in [1.82, 2.24) is 10.2 Å². The first-order valence-corrected chi connectivity index (χ1v) is 6.37. The molecule has 1 amide bonds. The van der Waals surface area contributed by atoms with Crippen molar-refractivity contribution < 1.29 is 9.21 Å². The summed E-state index contributed by atoms with van der Waals surface area (Å²) >= 11 is 0. The first-order chi connectivity index (χ1) is 8.30. The lowest BCUT2D eigenvalue weighted by Crippen LogP contribution is -2.46. The first kappa shape index (κ1) is 13.1. The number of amides is 1. The third kappa shape index (κ3) is 2.75. The highest BCUT2D eigenvalue weighted by Crippen LogP contribution is 2.25. The van der Waals surface area contributed by atoms with Crippen molar-refractivity contribution in [1.29, 1.82) is 0 Å². The van der Waals surface area contributed by atoms with Gasteiger partial charge in [0.2, 0.25) is 5.91 Å². The minimum absolute atomic E-state index is 0.0734. The van der Waals surface area contributed by atoms with Crippen LogP contribution in [0.2, 0.25) is 0 Å². The Morgan fingerprint density at radius 2 is 2.11 bits per heavy atom. The molecule has 18 heavy (non-hydrogen) atoms. The molecule has 1 fully saturated rings. The number of carbonyl (C=O) groups excluding carboxylic acids is 1. The average molecular weight is 250 g/mol. The van der Waals surface area contributed by atoms with Gasteiger partial charge < -0.3 is 14.6 Å². The van der Waals surface area contributed by atoms with Gasteiger partial charge in [0.1, 0.15) is 5.76 Å². The second-order valence-electron chi connectivity index (χ2n) is 6.36. The summed E-state index contributed by atoms with van der Waals surface area (Å²) in [5.41, 5.74) is -0.448. The van der Waals surface area contributed by atoms with E-state index in [1.165, 1.54) is 0 Å². The molecular formula is C14H22N2O2. The molecule has 1 N–H and O–H groups in total. The molecule has 1 saturated heterocycles. The summed E-state index contributed by atoms with van der Waals surface area (Å²) in [5.74, 6) is 1.01. The second-order valence-corrected chi connectivity index (χ2v) is 6.36. The molecule has 2 heterocycles. The molecule has 1 aromatic heterocycles. The standard InChI is InChI=1S/C14H22N2O2/c1-13(2)9-15-14(3,4)10-16(12(13)17)8-11-6-5-7-18-11/h5-7,15H,8-10H2,1-4H3. The smallest absolute Gasteiger partial charge is 0.229 e. The summed E-state index contributed by atoms with van der Waals surface area (Å²) in [4.78, 5) is 14.4. The minimum Gasteiger partial charge on any atom is -0.467 e. The number of nitrogens with one attached hydrogen (secondary N) is 1. The molecule has 0 atom stereocenters. The van der Waals surface area contributed by atoms with Crippen molar-refractivity contribution >= 4 is 5.91 Å². The van der Waals surface area contributed by atoms with Crippen molar-refractivity contribution in [2.75, 3.05) is 13.1 Å². The number of furan rings is 1. The molecular weight excluding hydrogens is 228 g/mol. The van der Waals surface area contributed by atoms with E-state index in [0.717, 1.165) is 5.76 Å². The van der Waals surface area contributed by atoms with E-state index in [0.29, 0.717) is 19.6 Å². The monoisotopic (exact) mass is 250 g/mol. The number of nitrogens with zero attached hydrogens (tertiary/aromatic N) is 1. The van der Waals surface area contributed by atoms with Gasteiger partial charge in [0.05, 0.1) is 18.2 Å². The van der Waals surface area contributed by atoms with Crippen LogP contribution in [0.5, 0.6) is 0 Å². The molecule has 0 aromatic carbocycles. The van der Waals surface area contributed by atoms with Gasteiger partial charge in [-0.3, -0.25) is 4.79 Å². The maximum absolute atomic E-state index is 12.5. The highest BCUT2D eigenvalue weighted by atomic mass is 16.3. The molecule has 0 unspecified atom stereocenters. The molecule has 100 valence electrons. The van der Waals surface area contributed by atoms with Gasteiger partial charge in [-0.15, -0.1) is 0 Å². The Bertz CT molecular complexity index is 421. The zero-order valence-corrected chi connectivity index (χ0v) is 11.6. The van der Waals surface area contributed by atoms with E-state index in [9.17, 15) is 4.79 Å². The molecule has 4 nitrogen and oxygen atoms in total. The topological polar surface area (TPSA) is 45.5 Å². The van der Waals surface area contributed by atoms with Crippen LogP contribution in [0.25, 0.3) is 0 Å². The van der Waals surface area contributed by atoms with Crippen LogP contribution < -0.4 is 5.32 Å². The van der Waals surface area contributed by atoms with E-state index in [1.54, 1.807) is 6.26 Å². The highest BCUT2D eigenvalue weighted by Gasteiger charge is 2.39. The Kier molecular flexibility index (Phi) is 3.23. The summed E-state index contributed by atoms with van der Waals surface area (Å²) in [5, 5.41) is 3.46. The van der Waals surface area contributed by atoms with Crippen LogP contribution in [0.3, 0.4) is 0 Å². The summed E-state index contributed by atoms with van der Waals surface area (Å²) in [6.07, 6.45) is 1.65. The zero-order valence-electron chi connectivity index (χ0n) is 11.6. The number of hydrogen-bond acceptors (Lipinski definition) is 3. The van der Waals surface area contributed by atoms with Crippen molar-refractivity contribution in [3.63, 3.8) is 0 Å². The van der Waals surface area contributed by atoms with Gasteiger partial charge in [-0.2, -0.15) is 0 Å². The molecule has 0 spiro atoms. The van der Waals surface area contributed by atoms with Crippen LogP contribution in [0.15, 0.2) is 22.8 Å². The van der Waals surface area contributed by atoms with Gasteiger partial charge in [0.15, 0.2) is 0 Å². The fraction of sp³-hybridized carbons (Fsp3) is 0.643. The lowest BCUT2D eigenvalue weighted by molar-refractivity contribution is -0.140. The van der Waals surface area contributed by atoms with E-state index in [1.807, 2.05) is 30.9 Å². The van der Waals surface area contributed by atoms with Gasteiger partial charge in [-0.25, -0.2) is 0 Å². The maximum atomic E-state index is 12.5. The van der Waals surface area contributed by atoms with Gasteiger partial charge in [-0.05, 0) is 39.8 Å². The molecule has 0 aliphatic carbocycles. The van der Waals surface area contributed by atoms with Crippen molar-refractivity contribution in [3.05, 3.63) is 24.2 Å². The predicted molar refractivity (Wildman–Crippen MR) is 70.0 cm³/mol. The van der Waals surface area contributed by atoms with Gasteiger partial charge in [0.25, 0.3) is 0 Å². The highest BCUT2D eigenvalue weighted by molar-refractivity contribution is 5.82. The Morgan fingerprint density at radius 3 is 2.72 bits per heavy atom. The van der Waals surface area contributed by atoms with Crippen molar-refractivity contribution in [2.45, 2.75) is 39.8 Å². The van der Waals surface area contributed by atoms with E-state index in [-0.39, 0.29) is 16.9 Å². The van der Waals surface area contributed by atoms with Crippen LogP contribution in [0.1, 0.15) is 33.5 Å². The Balaban J connectivity index is 2.21. The van der Waals surface area contributed by atoms with Crippen LogP contribution in [-0.4, -0.2) is 29.4 Å². The second kappa shape index (κ2) is 4.43. The van der Waals surface area contributed by atoms with Crippen LogP contribution in [0, 0.1) is 5.41 Å². The fourth-order valence-corrected chi connectivity index (χ4v) is 2.29. The number of hydrogen-bond donors (Lipinski definition) is 1. The Labute approximate surface area is 108 Å². The SMILES string of the molecule is CC1(C)CN(Cc2ccco2)C(=O)C(C)(C)CN1. The van der Waals surface area contributed by atoms with E-state index in [2.05, 4.69) is 19.2 Å². The molecule has 0 radical (unpaired) electrons. The lowest BCUT2D eigenvalue weighted by atomic mass is 9.92. The minimum atomic E-state index is -0.375. The van der Waals surface area contributed by atoms with Gasteiger partial charge >= 0.3 is 0 Å². The number of carbonyl (C=O) groups is 1. The van der Waals surface area contributed by atoms with Gasteiger partial charge in [-0.1, -0.05) is 0 Å². The summed E-state index contributed by atoms with van der Waals surface area (Å²) < 4.78 is 5.35. The molecule has 1 aliphatic rings. The largest absolute Gasteiger partial charge is 0.467 e. The summed E-state index contributed by atoms with van der Waals surface area (Å²) in [7, 11) is 0. The number of rotatable bonds is 2. The zero-order chi connectivity index (χ0) is 13.4. The van der Waals surface area contributed by atoms with E-state index >= 15 is 0 Å². The molecule has 1 aliphatic heterocycles. The third-order valence-electron chi connectivity index (χ3n) is 3.39. The molecule has 4 heteroatoms. The van der Waals surface area contributed by atoms with Crippen LogP contribution in [-0.2, 0) is 11.3 Å². The normalized spacial score (nSPS) is 22.9. The van der Waals surface area contributed by atoms with Gasteiger partial charge in [0, 0.05) is 18.6 Å². The van der Waals surface area contributed by atoms with E-state index in [4.69, 9.17) is 4.42 Å². The fourth-order valence-electron chi connectivity index (χ4n) is 2.29. The maximum Gasteiger partial charge on any atom is 0.229 e. The molecule has 1 aromatic rings.